The van der Waals surface area contributed by atoms with Crippen LogP contribution in [0.1, 0.15) is 32.9 Å². The van der Waals surface area contributed by atoms with E-state index in [0.29, 0.717) is 35.3 Å². The van der Waals surface area contributed by atoms with Crippen molar-refractivity contribution in [2.24, 2.45) is 0 Å². The summed E-state index contributed by atoms with van der Waals surface area (Å²) >= 11 is 1.14. The van der Waals surface area contributed by atoms with Gasteiger partial charge in [0.15, 0.2) is 5.82 Å². The van der Waals surface area contributed by atoms with Crippen molar-refractivity contribution in [2.45, 2.75) is 19.9 Å². The van der Waals surface area contributed by atoms with Gasteiger partial charge in [-0.1, -0.05) is 48.5 Å². The van der Waals surface area contributed by atoms with Crippen molar-refractivity contribution in [1.29, 1.82) is 0 Å². The summed E-state index contributed by atoms with van der Waals surface area (Å²) in [4.78, 5) is 17.0. The average Bonchev–Trinajstić information content (AvgIpc) is 3.22. The van der Waals surface area contributed by atoms with E-state index < -0.39 is 0 Å². The number of rotatable bonds is 7. The van der Waals surface area contributed by atoms with Gasteiger partial charge < -0.3 is 10.1 Å². The van der Waals surface area contributed by atoms with Crippen LogP contribution in [0.5, 0.6) is 10.9 Å². The minimum atomic E-state index is -0.276. The standard InChI is InChI=1S/C24H20FN3O2S/c1-16-7-10-19(23(29)26-15-18-5-3-2-4-6-18)14-21(16)30-24-27-22(28-31-24)13-17-8-11-20(25)12-9-17/h2-12,14H,13,15H2,1H3,(H,26,29). The first-order valence-corrected chi connectivity index (χ1v) is 10.5. The number of ether oxygens (including phenoxy) is 1. The van der Waals surface area contributed by atoms with Crippen LogP contribution in [0.15, 0.2) is 72.8 Å². The zero-order chi connectivity index (χ0) is 21.6. The van der Waals surface area contributed by atoms with Crippen LogP contribution in [0.3, 0.4) is 0 Å². The predicted molar refractivity (Wildman–Crippen MR) is 118 cm³/mol. The van der Waals surface area contributed by atoms with Crippen LogP contribution in [-0.4, -0.2) is 15.3 Å². The SMILES string of the molecule is Cc1ccc(C(=O)NCc2ccccc2)cc1Oc1nc(Cc2ccc(F)cc2)ns1. The first-order valence-electron chi connectivity index (χ1n) is 9.74. The van der Waals surface area contributed by atoms with Crippen molar-refractivity contribution >= 4 is 17.4 Å². The molecule has 0 unspecified atom stereocenters. The molecule has 7 heteroatoms. The zero-order valence-electron chi connectivity index (χ0n) is 16.8. The molecule has 0 aliphatic rings. The van der Waals surface area contributed by atoms with E-state index in [1.807, 2.05) is 43.3 Å². The summed E-state index contributed by atoms with van der Waals surface area (Å²) in [5.41, 5.74) is 3.34. The quantitative estimate of drug-likeness (QED) is 0.430. The van der Waals surface area contributed by atoms with E-state index in [9.17, 15) is 9.18 Å². The number of benzene rings is 3. The van der Waals surface area contributed by atoms with Gasteiger partial charge in [0.25, 0.3) is 11.1 Å². The van der Waals surface area contributed by atoms with Gasteiger partial charge in [-0.25, -0.2) is 4.39 Å². The van der Waals surface area contributed by atoms with Crippen molar-refractivity contribution in [1.82, 2.24) is 14.7 Å². The molecule has 4 aromatic rings. The highest BCUT2D eigenvalue weighted by Crippen LogP contribution is 2.28. The fourth-order valence-corrected chi connectivity index (χ4v) is 3.52. The fourth-order valence-electron chi connectivity index (χ4n) is 2.96. The van der Waals surface area contributed by atoms with Crippen LogP contribution >= 0.6 is 11.5 Å². The topological polar surface area (TPSA) is 64.1 Å². The Balaban J connectivity index is 1.42. The average molecular weight is 434 g/mol. The van der Waals surface area contributed by atoms with Crippen molar-refractivity contribution in [3.8, 4) is 10.9 Å². The Morgan fingerprint density at radius 2 is 1.81 bits per heavy atom. The summed E-state index contributed by atoms with van der Waals surface area (Å²) in [6.45, 7) is 2.36. The number of carbonyl (C=O) groups is 1. The van der Waals surface area contributed by atoms with E-state index in [4.69, 9.17) is 4.74 Å². The predicted octanol–water partition coefficient (Wildman–Crippen LogP) is 5.30. The van der Waals surface area contributed by atoms with Gasteiger partial charge in [-0.2, -0.15) is 9.36 Å². The van der Waals surface area contributed by atoms with Crippen LogP contribution in [-0.2, 0) is 13.0 Å². The lowest BCUT2D eigenvalue weighted by atomic mass is 10.1. The minimum Gasteiger partial charge on any atom is -0.430 e. The van der Waals surface area contributed by atoms with Gasteiger partial charge in [0.05, 0.1) is 0 Å². The Hall–Kier alpha value is -3.58. The molecule has 0 saturated heterocycles. The summed E-state index contributed by atoms with van der Waals surface area (Å²) < 4.78 is 23.3. The maximum Gasteiger partial charge on any atom is 0.298 e. The minimum absolute atomic E-state index is 0.178. The summed E-state index contributed by atoms with van der Waals surface area (Å²) in [5.74, 6) is 0.697. The summed E-state index contributed by atoms with van der Waals surface area (Å²) in [7, 11) is 0. The Labute approximate surface area is 183 Å². The van der Waals surface area contributed by atoms with Gasteiger partial charge in [0.1, 0.15) is 11.6 Å². The third kappa shape index (κ3) is 5.52. The highest BCUT2D eigenvalue weighted by atomic mass is 32.1. The van der Waals surface area contributed by atoms with Gasteiger partial charge in [-0.05, 0) is 47.9 Å². The lowest BCUT2D eigenvalue weighted by Gasteiger charge is -2.09. The number of hydrogen-bond donors (Lipinski definition) is 1. The fraction of sp³-hybridized carbons (Fsp3) is 0.125. The second-order valence-corrected chi connectivity index (χ2v) is 7.74. The van der Waals surface area contributed by atoms with Crippen LogP contribution in [0.25, 0.3) is 0 Å². The molecule has 0 atom stereocenters. The molecular weight excluding hydrogens is 413 g/mol. The van der Waals surface area contributed by atoms with E-state index in [-0.39, 0.29) is 11.7 Å². The molecule has 4 rings (SSSR count). The second kappa shape index (κ2) is 9.49. The zero-order valence-corrected chi connectivity index (χ0v) is 17.7. The van der Waals surface area contributed by atoms with Crippen LogP contribution in [0, 0.1) is 12.7 Å². The van der Waals surface area contributed by atoms with Crippen LogP contribution < -0.4 is 10.1 Å². The maximum absolute atomic E-state index is 13.1. The third-order valence-corrected chi connectivity index (χ3v) is 5.30. The van der Waals surface area contributed by atoms with E-state index >= 15 is 0 Å². The normalized spacial score (nSPS) is 10.6. The smallest absolute Gasteiger partial charge is 0.298 e. The first kappa shape index (κ1) is 20.7. The molecule has 1 N–H and O–H groups in total. The summed E-state index contributed by atoms with van der Waals surface area (Å²) in [6, 6.07) is 21.3. The molecule has 0 aliphatic carbocycles. The lowest BCUT2D eigenvalue weighted by molar-refractivity contribution is 0.0950. The van der Waals surface area contributed by atoms with Gasteiger partial charge in [0.2, 0.25) is 0 Å². The molecule has 1 heterocycles. The van der Waals surface area contributed by atoms with E-state index in [1.54, 1.807) is 24.3 Å². The second-order valence-electron chi connectivity index (χ2n) is 7.03. The Bertz CT molecular complexity index is 1180. The van der Waals surface area contributed by atoms with Gasteiger partial charge in [-0.3, -0.25) is 4.79 Å². The number of aryl methyl sites for hydroxylation is 1. The number of amides is 1. The Morgan fingerprint density at radius 3 is 2.58 bits per heavy atom. The number of halogens is 1. The molecule has 0 fully saturated rings. The van der Waals surface area contributed by atoms with Crippen LogP contribution in [0.2, 0.25) is 0 Å². The molecular formula is C24H20FN3O2S. The van der Waals surface area contributed by atoms with Crippen LogP contribution in [0.4, 0.5) is 4.39 Å². The van der Waals surface area contributed by atoms with E-state index in [0.717, 1.165) is 28.2 Å². The molecule has 156 valence electrons. The monoisotopic (exact) mass is 433 g/mol. The molecule has 1 aromatic heterocycles. The number of aromatic nitrogens is 2. The van der Waals surface area contributed by atoms with Crippen molar-refractivity contribution in [3.63, 3.8) is 0 Å². The summed E-state index contributed by atoms with van der Waals surface area (Å²) in [6.07, 6.45) is 0.487. The highest BCUT2D eigenvalue weighted by Gasteiger charge is 2.12. The number of nitrogens with one attached hydrogen (secondary N) is 1. The highest BCUT2D eigenvalue weighted by molar-refractivity contribution is 7.07. The van der Waals surface area contributed by atoms with Gasteiger partial charge in [0, 0.05) is 30.1 Å². The third-order valence-electron chi connectivity index (χ3n) is 4.67. The molecule has 0 aliphatic heterocycles. The van der Waals surface area contributed by atoms with Crippen molar-refractivity contribution in [2.75, 3.05) is 0 Å². The number of hydrogen-bond acceptors (Lipinski definition) is 5. The molecule has 31 heavy (non-hydrogen) atoms. The summed E-state index contributed by atoms with van der Waals surface area (Å²) in [5, 5.41) is 3.31. The van der Waals surface area contributed by atoms with Crippen molar-refractivity contribution in [3.05, 3.63) is 107 Å². The molecule has 1 amide bonds. The van der Waals surface area contributed by atoms with Gasteiger partial charge >= 0.3 is 0 Å². The molecule has 0 spiro atoms. The van der Waals surface area contributed by atoms with Crippen molar-refractivity contribution < 1.29 is 13.9 Å². The lowest BCUT2D eigenvalue weighted by Crippen LogP contribution is -2.22. The van der Waals surface area contributed by atoms with E-state index in [2.05, 4.69) is 14.7 Å². The Morgan fingerprint density at radius 1 is 1.03 bits per heavy atom. The molecule has 0 saturated carbocycles. The molecule has 0 bridgehead atoms. The molecule has 5 nitrogen and oxygen atoms in total. The molecule has 0 radical (unpaired) electrons. The largest absolute Gasteiger partial charge is 0.430 e. The van der Waals surface area contributed by atoms with E-state index in [1.165, 1.54) is 12.1 Å². The molecule has 3 aromatic carbocycles. The first-order chi connectivity index (χ1) is 15.1. The number of carbonyl (C=O) groups excluding carboxylic acids is 1. The maximum atomic E-state index is 13.1. The van der Waals surface area contributed by atoms with Gasteiger partial charge in [-0.15, -0.1) is 0 Å². The Kier molecular flexibility index (Phi) is 6.33. The number of nitrogens with zero attached hydrogens (tertiary/aromatic N) is 2.